The molecule has 0 atom stereocenters. The first kappa shape index (κ1) is 12.8. The first-order valence-corrected chi connectivity index (χ1v) is 5.62. The lowest BCUT2D eigenvalue weighted by Crippen LogP contribution is -2.25. The predicted molar refractivity (Wildman–Crippen MR) is 59.7 cm³/mol. The molecule has 0 aromatic heterocycles. The number of likely N-dealkylation sites (N-methyl/N-ethyl adjacent to an activating group) is 1. The maximum absolute atomic E-state index is 6.03. The van der Waals surface area contributed by atoms with E-state index < -0.39 is 0 Å². The summed E-state index contributed by atoms with van der Waals surface area (Å²) < 4.78 is 2.09. The van der Waals surface area contributed by atoms with E-state index in [-0.39, 0.29) is 0 Å². The van der Waals surface area contributed by atoms with Crippen molar-refractivity contribution in [3.8, 4) is 0 Å². The molecule has 0 aromatic carbocycles. The van der Waals surface area contributed by atoms with Gasteiger partial charge >= 0.3 is 5.29 Å². The quantitative estimate of drug-likeness (QED) is 0.507. The van der Waals surface area contributed by atoms with Crippen molar-refractivity contribution >= 4 is 16.9 Å². The van der Waals surface area contributed by atoms with E-state index in [0.717, 1.165) is 24.9 Å². The van der Waals surface area contributed by atoms with Gasteiger partial charge in [0.05, 0.1) is 13.6 Å². The lowest BCUT2D eigenvalue weighted by Gasteiger charge is -2.06. The van der Waals surface area contributed by atoms with Crippen LogP contribution in [0.5, 0.6) is 0 Å². The van der Waals surface area contributed by atoms with E-state index in [1.807, 2.05) is 20.9 Å². The molecule has 0 N–H and O–H groups in total. The Morgan fingerprint density at radius 1 is 1.46 bits per heavy atom. The monoisotopic (exact) mass is 205 g/mol. The molecule has 0 bridgehead atoms. The van der Waals surface area contributed by atoms with Gasteiger partial charge < -0.3 is 0 Å². The Labute approximate surface area is 87.2 Å². The Morgan fingerprint density at radius 3 is 2.46 bits per heavy atom. The molecule has 0 amide bonds. The van der Waals surface area contributed by atoms with Crippen LogP contribution in [0.4, 0.5) is 0 Å². The highest BCUT2D eigenvalue weighted by molar-refractivity contribution is 6.63. The summed E-state index contributed by atoms with van der Waals surface area (Å²) in [6.45, 7) is 9.48. The van der Waals surface area contributed by atoms with Crippen molar-refractivity contribution in [1.29, 1.82) is 0 Å². The highest BCUT2D eigenvalue weighted by Gasteiger charge is 2.25. The number of nitrogens with zero attached hydrogens (tertiary/aromatic N) is 2. The molecule has 1 heterocycles. The zero-order valence-corrected chi connectivity index (χ0v) is 10.1. The summed E-state index contributed by atoms with van der Waals surface area (Å²) >= 11 is 6.03. The minimum absolute atomic E-state index is 0.915. The SMILES string of the molecule is CC.CCCCN1CC[N+](C)=C1Cl. The Kier molecular flexibility index (Phi) is 7.06. The molecule has 13 heavy (non-hydrogen) atoms. The lowest BCUT2D eigenvalue weighted by molar-refractivity contribution is -0.484. The van der Waals surface area contributed by atoms with Crippen LogP contribution in [0.2, 0.25) is 0 Å². The van der Waals surface area contributed by atoms with Crippen LogP contribution in [0.1, 0.15) is 33.6 Å². The van der Waals surface area contributed by atoms with Crippen molar-refractivity contribution in [2.75, 3.05) is 26.7 Å². The molecule has 3 heteroatoms. The third kappa shape index (κ3) is 3.99. The van der Waals surface area contributed by atoms with E-state index in [2.05, 4.69) is 16.4 Å². The molecule has 0 spiro atoms. The summed E-state index contributed by atoms with van der Waals surface area (Å²) in [7, 11) is 2.04. The van der Waals surface area contributed by atoms with Crippen LogP contribution in [0.15, 0.2) is 0 Å². The molecule has 2 nitrogen and oxygen atoms in total. The smallest absolute Gasteiger partial charge is 0.250 e. The van der Waals surface area contributed by atoms with Gasteiger partial charge in [-0.1, -0.05) is 27.2 Å². The van der Waals surface area contributed by atoms with Gasteiger partial charge in [-0.2, -0.15) is 0 Å². The van der Waals surface area contributed by atoms with Gasteiger partial charge in [0.1, 0.15) is 13.1 Å². The topological polar surface area (TPSA) is 6.25 Å². The summed E-state index contributed by atoms with van der Waals surface area (Å²) in [6.07, 6.45) is 2.48. The van der Waals surface area contributed by atoms with Gasteiger partial charge in [0.2, 0.25) is 0 Å². The zero-order chi connectivity index (χ0) is 10.3. The van der Waals surface area contributed by atoms with E-state index in [1.165, 1.54) is 12.8 Å². The van der Waals surface area contributed by atoms with Gasteiger partial charge in [-0.25, -0.2) is 4.90 Å². The third-order valence-electron chi connectivity index (χ3n) is 2.06. The molecule has 0 aliphatic carbocycles. The van der Waals surface area contributed by atoms with Crippen LogP contribution < -0.4 is 0 Å². The van der Waals surface area contributed by atoms with Crippen LogP contribution in [-0.4, -0.2) is 41.5 Å². The van der Waals surface area contributed by atoms with Crippen LogP contribution in [-0.2, 0) is 0 Å². The van der Waals surface area contributed by atoms with Gasteiger partial charge in [0.25, 0.3) is 0 Å². The first-order chi connectivity index (χ1) is 6.25. The van der Waals surface area contributed by atoms with Crippen LogP contribution in [0, 0.1) is 0 Å². The van der Waals surface area contributed by atoms with Crippen molar-refractivity contribution in [3.05, 3.63) is 0 Å². The molecule has 1 rings (SSSR count). The summed E-state index contributed by atoms with van der Waals surface area (Å²) in [6, 6.07) is 0. The number of unbranched alkanes of at least 4 members (excludes halogenated alkanes) is 1. The van der Waals surface area contributed by atoms with Crippen molar-refractivity contribution in [1.82, 2.24) is 4.90 Å². The van der Waals surface area contributed by atoms with Crippen molar-refractivity contribution in [3.63, 3.8) is 0 Å². The standard InChI is InChI=1S/C8H16ClN2.C2H6/c1-3-4-5-11-7-6-10(2)8(11)9;1-2/h3-7H2,1-2H3;1-2H3/q+1;. The Morgan fingerprint density at radius 2 is 2.08 bits per heavy atom. The first-order valence-electron chi connectivity index (χ1n) is 5.24. The molecule has 1 aliphatic heterocycles. The van der Waals surface area contributed by atoms with Crippen molar-refractivity contribution in [2.24, 2.45) is 0 Å². The van der Waals surface area contributed by atoms with Gasteiger partial charge in [0, 0.05) is 11.6 Å². The van der Waals surface area contributed by atoms with E-state index >= 15 is 0 Å². The minimum Gasteiger partial charge on any atom is -0.250 e. The maximum Gasteiger partial charge on any atom is 0.345 e. The molecule has 0 aromatic rings. The highest BCUT2D eigenvalue weighted by atomic mass is 35.5. The molecule has 0 fully saturated rings. The van der Waals surface area contributed by atoms with Gasteiger partial charge in [-0.05, 0) is 6.42 Å². The molecular weight excluding hydrogens is 184 g/mol. The number of rotatable bonds is 3. The van der Waals surface area contributed by atoms with E-state index in [4.69, 9.17) is 11.6 Å². The molecular formula is C10H22ClN2+. The van der Waals surface area contributed by atoms with E-state index in [0.29, 0.717) is 0 Å². The fourth-order valence-electron chi connectivity index (χ4n) is 1.25. The van der Waals surface area contributed by atoms with Gasteiger partial charge in [-0.3, -0.25) is 4.58 Å². The summed E-state index contributed by atoms with van der Waals surface area (Å²) in [5.74, 6) is 0. The number of hydrogen-bond acceptors (Lipinski definition) is 1. The Bertz CT molecular complexity index is 166. The van der Waals surface area contributed by atoms with Gasteiger partial charge in [-0.15, -0.1) is 0 Å². The normalized spacial score (nSPS) is 15.9. The highest BCUT2D eigenvalue weighted by Crippen LogP contribution is 2.05. The minimum atomic E-state index is 0.915. The third-order valence-corrected chi connectivity index (χ3v) is 2.59. The fourth-order valence-corrected chi connectivity index (χ4v) is 1.50. The van der Waals surface area contributed by atoms with Crippen LogP contribution in [0.25, 0.3) is 0 Å². The molecule has 0 radical (unpaired) electrons. The number of halogens is 1. The summed E-state index contributed by atoms with van der Waals surface area (Å²) in [4.78, 5) is 2.24. The molecule has 0 saturated heterocycles. The molecule has 0 saturated carbocycles. The van der Waals surface area contributed by atoms with Crippen LogP contribution >= 0.6 is 11.6 Å². The average Bonchev–Trinajstić information content (AvgIpc) is 2.48. The predicted octanol–water partition coefficient (Wildman–Crippen LogP) is 2.37. The summed E-state index contributed by atoms with van der Waals surface area (Å²) in [5, 5.41) is 0.915. The van der Waals surface area contributed by atoms with Crippen molar-refractivity contribution in [2.45, 2.75) is 33.6 Å². The zero-order valence-electron chi connectivity index (χ0n) is 9.31. The Balaban J connectivity index is 0.000000671. The largest absolute Gasteiger partial charge is 0.345 e. The molecule has 1 aliphatic rings. The van der Waals surface area contributed by atoms with E-state index in [1.54, 1.807) is 0 Å². The Hall–Kier alpha value is -0.240. The van der Waals surface area contributed by atoms with Gasteiger partial charge in [0.15, 0.2) is 0 Å². The fraction of sp³-hybridized carbons (Fsp3) is 0.900. The average molecular weight is 206 g/mol. The maximum atomic E-state index is 6.03. The second-order valence-electron chi connectivity index (χ2n) is 3.03. The second kappa shape index (κ2) is 7.19. The molecule has 0 unspecified atom stereocenters. The second-order valence-corrected chi connectivity index (χ2v) is 3.37. The van der Waals surface area contributed by atoms with E-state index in [9.17, 15) is 0 Å². The molecule has 78 valence electrons. The lowest BCUT2D eigenvalue weighted by atomic mass is 10.3. The summed E-state index contributed by atoms with van der Waals surface area (Å²) in [5.41, 5.74) is 0. The number of amidine groups is 1. The number of hydrogen-bond donors (Lipinski definition) is 0. The van der Waals surface area contributed by atoms with Crippen molar-refractivity contribution < 1.29 is 4.58 Å². The van der Waals surface area contributed by atoms with Crippen LogP contribution in [0.3, 0.4) is 0 Å².